The number of amides is 2. The Kier molecular flexibility index (Phi) is 4.72. The molecule has 0 radical (unpaired) electrons. The van der Waals surface area contributed by atoms with E-state index in [4.69, 9.17) is 4.74 Å². The van der Waals surface area contributed by atoms with Gasteiger partial charge in [0.2, 0.25) is 5.91 Å². The summed E-state index contributed by atoms with van der Waals surface area (Å²) in [4.78, 5) is 28.6. The molecule has 6 heteroatoms. The first-order chi connectivity index (χ1) is 12.2. The number of carbonyl (C=O) groups is 2. The highest BCUT2D eigenvalue weighted by molar-refractivity contribution is 5.99. The van der Waals surface area contributed by atoms with Crippen LogP contribution in [-0.2, 0) is 14.3 Å². The van der Waals surface area contributed by atoms with E-state index in [1.54, 1.807) is 0 Å². The normalized spacial score (nSPS) is 26.2. The molecule has 2 fully saturated rings. The zero-order valence-corrected chi connectivity index (χ0v) is 14.4. The van der Waals surface area contributed by atoms with Crippen LogP contribution >= 0.6 is 0 Å². The standard InChI is InChI=1S/C19H25N3O3/c23-18-6-3-9-21(18)10-7-14-13-22(16-5-2-1-4-15(14)16)19(24)17-12-20-8-11-25-17/h1-2,4-5,14,17,20H,3,6-13H2/t14-,17+/m1/s1. The average molecular weight is 343 g/mol. The van der Waals surface area contributed by atoms with Gasteiger partial charge in [-0.1, -0.05) is 18.2 Å². The first-order valence-corrected chi connectivity index (χ1v) is 9.24. The van der Waals surface area contributed by atoms with Crippen LogP contribution in [-0.4, -0.2) is 62.1 Å². The predicted molar refractivity (Wildman–Crippen MR) is 94.6 cm³/mol. The van der Waals surface area contributed by atoms with E-state index in [0.717, 1.165) is 38.2 Å². The summed E-state index contributed by atoms with van der Waals surface area (Å²) in [6.45, 7) is 4.28. The highest BCUT2D eigenvalue weighted by atomic mass is 16.5. The molecule has 1 N–H and O–H groups in total. The van der Waals surface area contributed by atoms with E-state index in [9.17, 15) is 9.59 Å². The van der Waals surface area contributed by atoms with Crippen LogP contribution in [0.3, 0.4) is 0 Å². The van der Waals surface area contributed by atoms with E-state index in [-0.39, 0.29) is 17.7 Å². The third kappa shape index (κ3) is 3.28. The highest BCUT2D eigenvalue weighted by Gasteiger charge is 2.36. The van der Waals surface area contributed by atoms with Gasteiger partial charge in [-0.25, -0.2) is 0 Å². The molecule has 3 aliphatic heterocycles. The molecule has 2 atom stereocenters. The maximum absolute atomic E-state index is 12.9. The van der Waals surface area contributed by atoms with Gasteiger partial charge in [0.25, 0.3) is 5.91 Å². The third-order valence-electron chi connectivity index (χ3n) is 5.46. The van der Waals surface area contributed by atoms with Crippen LogP contribution in [0.5, 0.6) is 0 Å². The lowest BCUT2D eigenvalue weighted by atomic mass is 9.98. The Hall–Kier alpha value is -1.92. The maximum atomic E-state index is 12.9. The summed E-state index contributed by atoms with van der Waals surface area (Å²) in [6, 6.07) is 8.13. The average Bonchev–Trinajstić information content (AvgIpc) is 3.23. The minimum absolute atomic E-state index is 0.0411. The second-order valence-electron chi connectivity index (χ2n) is 7.04. The maximum Gasteiger partial charge on any atom is 0.257 e. The monoisotopic (exact) mass is 343 g/mol. The molecule has 4 rings (SSSR count). The van der Waals surface area contributed by atoms with E-state index in [1.165, 1.54) is 5.56 Å². The van der Waals surface area contributed by atoms with Crippen molar-refractivity contribution in [2.24, 2.45) is 0 Å². The molecule has 0 unspecified atom stereocenters. The van der Waals surface area contributed by atoms with Crippen molar-refractivity contribution in [3.8, 4) is 0 Å². The number of carbonyl (C=O) groups excluding carboxylic acids is 2. The van der Waals surface area contributed by atoms with Crippen LogP contribution in [0.15, 0.2) is 24.3 Å². The molecule has 0 bridgehead atoms. The summed E-state index contributed by atoms with van der Waals surface area (Å²) in [6.07, 6.45) is 2.14. The lowest BCUT2D eigenvalue weighted by Gasteiger charge is -2.27. The number of morpholine rings is 1. The Balaban J connectivity index is 1.47. The summed E-state index contributed by atoms with van der Waals surface area (Å²) in [5, 5.41) is 3.22. The topological polar surface area (TPSA) is 61.9 Å². The Bertz CT molecular complexity index is 657. The lowest BCUT2D eigenvalue weighted by molar-refractivity contribution is -0.131. The van der Waals surface area contributed by atoms with Gasteiger partial charge in [0.15, 0.2) is 0 Å². The van der Waals surface area contributed by atoms with Crippen molar-refractivity contribution in [3.05, 3.63) is 29.8 Å². The first-order valence-electron chi connectivity index (χ1n) is 9.24. The fourth-order valence-electron chi connectivity index (χ4n) is 4.10. The second kappa shape index (κ2) is 7.14. The molecule has 1 aromatic rings. The number of para-hydroxylation sites is 1. The Morgan fingerprint density at radius 2 is 2.20 bits per heavy atom. The van der Waals surface area contributed by atoms with Crippen LogP contribution in [0.1, 0.15) is 30.7 Å². The number of anilines is 1. The number of rotatable bonds is 4. The van der Waals surface area contributed by atoms with Gasteiger partial charge in [-0.15, -0.1) is 0 Å². The van der Waals surface area contributed by atoms with E-state index >= 15 is 0 Å². The fraction of sp³-hybridized carbons (Fsp3) is 0.579. The van der Waals surface area contributed by atoms with E-state index < -0.39 is 6.10 Å². The Morgan fingerprint density at radius 3 is 2.96 bits per heavy atom. The molecule has 2 saturated heterocycles. The number of hydrogen-bond acceptors (Lipinski definition) is 4. The molecule has 0 aliphatic carbocycles. The highest BCUT2D eigenvalue weighted by Crippen LogP contribution is 2.38. The Labute approximate surface area is 148 Å². The van der Waals surface area contributed by atoms with Crippen molar-refractivity contribution in [2.45, 2.75) is 31.3 Å². The van der Waals surface area contributed by atoms with Crippen LogP contribution in [0.4, 0.5) is 5.69 Å². The summed E-state index contributed by atoms with van der Waals surface area (Å²) in [5.41, 5.74) is 2.21. The fourth-order valence-corrected chi connectivity index (χ4v) is 4.10. The minimum Gasteiger partial charge on any atom is -0.366 e. The molecule has 25 heavy (non-hydrogen) atoms. The molecule has 1 aromatic carbocycles. The summed E-state index contributed by atoms with van der Waals surface area (Å²) < 4.78 is 5.65. The number of ether oxygens (including phenoxy) is 1. The quantitative estimate of drug-likeness (QED) is 0.890. The largest absolute Gasteiger partial charge is 0.366 e. The third-order valence-corrected chi connectivity index (χ3v) is 5.46. The molecule has 0 aromatic heterocycles. The number of nitrogens with zero attached hydrogens (tertiary/aromatic N) is 2. The van der Waals surface area contributed by atoms with Gasteiger partial charge in [0.1, 0.15) is 6.10 Å². The summed E-state index contributed by atoms with van der Waals surface area (Å²) in [5.74, 6) is 0.588. The minimum atomic E-state index is -0.402. The summed E-state index contributed by atoms with van der Waals surface area (Å²) >= 11 is 0. The van der Waals surface area contributed by atoms with Gasteiger partial charge in [-0.05, 0) is 24.5 Å². The number of benzene rings is 1. The van der Waals surface area contributed by atoms with Crippen LogP contribution in [0.25, 0.3) is 0 Å². The molecule has 134 valence electrons. The molecule has 3 heterocycles. The van der Waals surface area contributed by atoms with Crippen LogP contribution in [0.2, 0.25) is 0 Å². The van der Waals surface area contributed by atoms with Crippen molar-refractivity contribution in [1.82, 2.24) is 10.2 Å². The van der Waals surface area contributed by atoms with Crippen molar-refractivity contribution >= 4 is 17.5 Å². The first kappa shape index (κ1) is 16.5. The molecular weight excluding hydrogens is 318 g/mol. The second-order valence-corrected chi connectivity index (χ2v) is 7.04. The van der Waals surface area contributed by atoms with Gasteiger partial charge in [0, 0.05) is 50.7 Å². The summed E-state index contributed by atoms with van der Waals surface area (Å²) in [7, 11) is 0. The predicted octanol–water partition coefficient (Wildman–Crippen LogP) is 1.12. The molecule has 2 amide bonds. The molecule has 0 spiro atoms. The number of nitrogens with one attached hydrogen (secondary N) is 1. The molecule has 3 aliphatic rings. The molecular formula is C19H25N3O3. The van der Waals surface area contributed by atoms with Crippen molar-refractivity contribution in [3.63, 3.8) is 0 Å². The van der Waals surface area contributed by atoms with Crippen molar-refractivity contribution in [2.75, 3.05) is 44.2 Å². The zero-order chi connectivity index (χ0) is 17.2. The van der Waals surface area contributed by atoms with Gasteiger partial charge >= 0.3 is 0 Å². The molecule has 6 nitrogen and oxygen atoms in total. The SMILES string of the molecule is O=C1CCCN1CC[C@@H]1CN(C(=O)[C@@H]2CNCCO2)c2ccccc21. The number of likely N-dealkylation sites (tertiary alicyclic amines) is 1. The van der Waals surface area contributed by atoms with Crippen molar-refractivity contribution < 1.29 is 14.3 Å². The number of fused-ring (bicyclic) bond motifs is 1. The molecule has 0 saturated carbocycles. The van der Waals surface area contributed by atoms with Gasteiger partial charge < -0.3 is 19.9 Å². The Morgan fingerprint density at radius 1 is 1.32 bits per heavy atom. The van der Waals surface area contributed by atoms with Gasteiger partial charge in [-0.3, -0.25) is 9.59 Å². The van der Waals surface area contributed by atoms with E-state index in [2.05, 4.69) is 11.4 Å². The van der Waals surface area contributed by atoms with Gasteiger partial charge in [-0.2, -0.15) is 0 Å². The van der Waals surface area contributed by atoms with Crippen LogP contribution < -0.4 is 10.2 Å². The van der Waals surface area contributed by atoms with Crippen molar-refractivity contribution in [1.29, 1.82) is 0 Å². The number of hydrogen-bond donors (Lipinski definition) is 1. The lowest BCUT2D eigenvalue weighted by Crippen LogP contribution is -2.49. The van der Waals surface area contributed by atoms with Crippen LogP contribution in [0, 0.1) is 0 Å². The van der Waals surface area contributed by atoms with E-state index in [0.29, 0.717) is 26.1 Å². The van der Waals surface area contributed by atoms with Gasteiger partial charge in [0.05, 0.1) is 6.61 Å². The smallest absolute Gasteiger partial charge is 0.257 e. The zero-order valence-electron chi connectivity index (χ0n) is 14.4. The van der Waals surface area contributed by atoms with E-state index in [1.807, 2.05) is 28.0 Å².